The van der Waals surface area contributed by atoms with Crippen LogP contribution >= 0.6 is 0 Å². The molecule has 4 N–H and O–H groups in total. The van der Waals surface area contributed by atoms with Crippen molar-refractivity contribution in [3.63, 3.8) is 0 Å². The zero-order valence-electron chi connectivity index (χ0n) is 41.2. The number of likely N-dealkylation sites (tertiary alicyclic amines) is 2. The van der Waals surface area contributed by atoms with E-state index in [2.05, 4.69) is 57.9 Å². The summed E-state index contributed by atoms with van der Waals surface area (Å²) < 4.78 is 65.8. The monoisotopic (exact) mass is 990 g/mol. The Labute approximate surface area is 414 Å². The van der Waals surface area contributed by atoms with Gasteiger partial charge < -0.3 is 39.9 Å². The van der Waals surface area contributed by atoms with E-state index in [9.17, 15) is 36.7 Å². The summed E-state index contributed by atoms with van der Waals surface area (Å²) in [6.07, 6.45) is -3.28. The van der Waals surface area contributed by atoms with E-state index >= 15 is 0 Å². The average Bonchev–Trinajstić information content (AvgIpc) is 4.20. The Balaban J connectivity index is 1.02. The highest BCUT2D eigenvalue weighted by Crippen LogP contribution is 2.40. The highest BCUT2D eigenvalue weighted by molar-refractivity contribution is 5.89. The third kappa shape index (κ3) is 10.7. The number of amides is 4. The molecular formula is C54H58F4N8O6. The molecule has 0 spiro atoms. The van der Waals surface area contributed by atoms with E-state index < -0.39 is 60.3 Å². The molecule has 8 rings (SSSR count). The van der Waals surface area contributed by atoms with E-state index in [0.717, 1.165) is 45.4 Å². The van der Waals surface area contributed by atoms with Crippen LogP contribution in [0.1, 0.15) is 87.9 Å². The summed E-state index contributed by atoms with van der Waals surface area (Å²) >= 11 is 0. The lowest BCUT2D eigenvalue weighted by Crippen LogP contribution is -2.51. The number of ether oxygens (including phenoxy) is 2. The van der Waals surface area contributed by atoms with Gasteiger partial charge in [-0.1, -0.05) is 89.2 Å². The van der Waals surface area contributed by atoms with Gasteiger partial charge >= 0.3 is 12.2 Å². The summed E-state index contributed by atoms with van der Waals surface area (Å²) in [6, 6.07) is 22.7. The number of carbonyl (C=O) groups excluding carboxylic acids is 4. The predicted octanol–water partition coefficient (Wildman–Crippen LogP) is 10.7. The molecule has 4 aromatic carbocycles. The minimum Gasteiger partial charge on any atom is -0.453 e. The van der Waals surface area contributed by atoms with Crippen LogP contribution in [0.3, 0.4) is 0 Å². The number of hydrogen-bond acceptors (Lipinski definition) is 8. The first-order chi connectivity index (χ1) is 34.5. The molecule has 72 heavy (non-hydrogen) atoms. The van der Waals surface area contributed by atoms with Gasteiger partial charge in [0, 0.05) is 37.1 Å². The molecule has 4 amide bonds. The number of carbonyl (C=O) groups is 4. The lowest BCUT2D eigenvalue weighted by molar-refractivity contribution is -0.136. The number of nitrogens with zero attached hydrogens (tertiary/aromatic N) is 4. The smallest absolute Gasteiger partial charge is 0.407 e. The summed E-state index contributed by atoms with van der Waals surface area (Å²) in [5.74, 6) is -1.00. The normalized spacial score (nSPS) is 16.7. The second-order valence-corrected chi connectivity index (χ2v) is 19.1. The van der Waals surface area contributed by atoms with E-state index in [1.54, 1.807) is 27.7 Å². The van der Waals surface area contributed by atoms with Crippen molar-refractivity contribution in [1.29, 1.82) is 0 Å². The van der Waals surface area contributed by atoms with Crippen molar-refractivity contribution >= 4 is 46.1 Å². The lowest BCUT2D eigenvalue weighted by atomic mass is 9.92. The number of nitrogens with one attached hydrogen (secondary N) is 4. The number of methoxy groups -OCH3 is 2. The Hall–Kier alpha value is -7.50. The number of aryl methyl sites for hydroxylation is 3. The van der Waals surface area contributed by atoms with Crippen LogP contribution in [0.5, 0.6) is 0 Å². The number of aromatic nitrogens is 4. The molecule has 0 bridgehead atoms. The molecule has 378 valence electrons. The molecule has 0 saturated carbocycles. The first-order valence-corrected chi connectivity index (χ1v) is 24.0. The van der Waals surface area contributed by atoms with Crippen LogP contribution in [0.2, 0.25) is 0 Å². The minimum atomic E-state index is -1.85. The summed E-state index contributed by atoms with van der Waals surface area (Å²) in [4.78, 5) is 70.9. The number of imidazole rings is 2. The second kappa shape index (κ2) is 21.5. The minimum absolute atomic E-state index is 0.112. The maximum Gasteiger partial charge on any atom is 0.407 e. The number of aromatic amines is 2. The van der Waals surface area contributed by atoms with Crippen molar-refractivity contribution in [2.45, 2.75) is 90.9 Å². The van der Waals surface area contributed by atoms with Gasteiger partial charge in [0.25, 0.3) is 12.2 Å². The summed E-state index contributed by atoms with van der Waals surface area (Å²) in [7, 11) is 2.38. The second-order valence-electron chi connectivity index (χ2n) is 19.1. The van der Waals surface area contributed by atoms with Crippen LogP contribution in [-0.4, -0.2) is 93.1 Å². The maximum atomic E-state index is 14.1. The number of benzene rings is 4. The first-order valence-electron chi connectivity index (χ1n) is 24.0. The van der Waals surface area contributed by atoms with Crippen LogP contribution in [-0.2, 0) is 38.3 Å². The fourth-order valence-corrected chi connectivity index (χ4v) is 9.66. The van der Waals surface area contributed by atoms with Crippen molar-refractivity contribution in [2.75, 3.05) is 27.3 Å². The van der Waals surface area contributed by atoms with Crippen LogP contribution in [0.4, 0.5) is 27.2 Å². The largest absolute Gasteiger partial charge is 0.453 e. The molecule has 2 aliphatic heterocycles. The van der Waals surface area contributed by atoms with Gasteiger partial charge in [-0.25, -0.2) is 19.6 Å². The number of rotatable bonds is 14. The molecule has 2 saturated heterocycles. The summed E-state index contributed by atoms with van der Waals surface area (Å²) in [6.45, 7) is 8.51. The zero-order valence-corrected chi connectivity index (χ0v) is 41.2. The van der Waals surface area contributed by atoms with Crippen LogP contribution in [0.25, 0.3) is 44.3 Å². The van der Waals surface area contributed by atoms with Crippen molar-refractivity contribution in [3.05, 3.63) is 131 Å². The molecule has 2 aromatic heterocycles. The third-order valence-corrected chi connectivity index (χ3v) is 13.7. The average molecular weight is 991 g/mol. The Morgan fingerprint density at radius 1 is 0.639 bits per heavy atom. The molecule has 4 atom stereocenters. The summed E-state index contributed by atoms with van der Waals surface area (Å²) in [5.41, 5.74) is 9.39. The topological polar surface area (TPSA) is 175 Å². The first kappa shape index (κ1) is 50.9. The highest BCUT2D eigenvalue weighted by atomic mass is 19.3. The molecule has 2 fully saturated rings. The van der Waals surface area contributed by atoms with Crippen molar-refractivity contribution in [2.24, 2.45) is 11.8 Å². The van der Waals surface area contributed by atoms with Crippen molar-refractivity contribution in [1.82, 2.24) is 40.4 Å². The summed E-state index contributed by atoms with van der Waals surface area (Å²) in [5, 5.41) is 5.11. The van der Waals surface area contributed by atoms with E-state index in [1.165, 1.54) is 24.0 Å². The van der Waals surface area contributed by atoms with Gasteiger partial charge in [0.05, 0.1) is 48.4 Å². The Kier molecular flexibility index (Phi) is 15.2. The van der Waals surface area contributed by atoms with Gasteiger partial charge in [-0.3, -0.25) is 9.59 Å². The van der Waals surface area contributed by atoms with Gasteiger partial charge in [-0.15, -0.1) is 0 Å². The van der Waals surface area contributed by atoms with E-state index in [4.69, 9.17) is 19.4 Å². The quantitative estimate of drug-likeness (QED) is 0.0780. The van der Waals surface area contributed by atoms with Gasteiger partial charge in [-0.2, -0.15) is 17.6 Å². The van der Waals surface area contributed by atoms with E-state index in [-0.39, 0.29) is 48.9 Å². The molecule has 6 aromatic rings. The third-order valence-electron chi connectivity index (χ3n) is 13.7. The number of fused-ring (bicyclic) bond motifs is 2. The number of hydrogen-bond donors (Lipinski definition) is 4. The lowest BCUT2D eigenvalue weighted by Gasteiger charge is -2.29. The van der Waals surface area contributed by atoms with E-state index in [1.807, 2.05) is 48.5 Å². The van der Waals surface area contributed by atoms with Crippen molar-refractivity contribution in [3.8, 4) is 22.3 Å². The SMILES string of the molecule is CCc1ccc(CCc2cccc(-c3ccc4[nH]c([C@@H]5CC(=C(F)F)CN5C(=O)[C@@H](NC(=O)OC)C(C)C)nc4c3)c2)c(-c2ccc3[nH]c([C@@H]4CC(=C(F)F)CN4C(=O)[C@@H](NC(=O)OC)C(C)C)nc3c2)c1. The van der Waals surface area contributed by atoms with Gasteiger partial charge in [0.2, 0.25) is 11.8 Å². The molecule has 0 aliphatic carbocycles. The molecule has 18 heteroatoms. The maximum absolute atomic E-state index is 14.1. The number of alkyl carbamates (subject to hydrolysis) is 2. The molecular weight excluding hydrogens is 933 g/mol. The Morgan fingerprint density at radius 2 is 1.14 bits per heavy atom. The number of H-pyrrole nitrogens is 2. The van der Waals surface area contributed by atoms with E-state index in [0.29, 0.717) is 46.6 Å². The molecule has 0 unspecified atom stereocenters. The predicted molar refractivity (Wildman–Crippen MR) is 265 cm³/mol. The van der Waals surface area contributed by atoms with Crippen LogP contribution < -0.4 is 10.6 Å². The fourth-order valence-electron chi connectivity index (χ4n) is 9.66. The highest BCUT2D eigenvalue weighted by Gasteiger charge is 2.42. The van der Waals surface area contributed by atoms with Crippen molar-refractivity contribution < 1.29 is 46.2 Å². The molecule has 0 radical (unpaired) electrons. The standard InChI is InChI=1S/C54H58F4N8O6/c1-8-30-12-14-32(38(21-30)35-17-19-40-42(23-35)62-50(60-40)44-25-37(48(57)58)27-66(44)52(68)46(29(4)5)64-54(70)72-7)15-13-31-10-9-11-33(20-31)34-16-18-39-41(22-34)61-49(59-39)43-24-36(47(55)56)26-65(43)51(67)45(28(2)3)63-53(69)71-6/h9-12,14,16-23,28-29,43-46H,8,13,15,24-27H2,1-7H3,(H,59,61)(H,60,62)(H,63,69)(H,64,70)/t43-,44-,45-,46-/m0/s1. The van der Waals surface area contributed by atoms with Gasteiger partial charge in [-0.05, 0) is 94.3 Å². The Bertz CT molecular complexity index is 3100. The zero-order chi connectivity index (χ0) is 51.5. The molecule has 2 aliphatic rings. The Morgan fingerprint density at radius 3 is 1.62 bits per heavy atom. The molecule has 4 heterocycles. The van der Waals surface area contributed by atoms with Crippen LogP contribution in [0.15, 0.2) is 102 Å². The molecule has 14 nitrogen and oxygen atoms in total. The fraction of sp³-hybridized carbons (Fsp3) is 0.370. The number of halogens is 4. The van der Waals surface area contributed by atoms with Gasteiger partial charge in [0.1, 0.15) is 23.7 Å². The van der Waals surface area contributed by atoms with Crippen LogP contribution in [0, 0.1) is 11.8 Å². The van der Waals surface area contributed by atoms with Gasteiger partial charge in [0.15, 0.2) is 0 Å².